The predicted octanol–water partition coefficient (Wildman–Crippen LogP) is 2.39. The van der Waals surface area contributed by atoms with Gasteiger partial charge in [0.05, 0.1) is 6.54 Å². The van der Waals surface area contributed by atoms with Gasteiger partial charge in [-0.05, 0) is 43.0 Å². The van der Waals surface area contributed by atoms with Crippen LogP contribution in [0.15, 0.2) is 36.9 Å². The molecule has 0 aliphatic carbocycles. The van der Waals surface area contributed by atoms with E-state index in [9.17, 15) is 4.79 Å². The van der Waals surface area contributed by atoms with E-state index in [4.69, 9.17) is 0 Å². The Balaban J connectivity index is 1.78. The van der Waals surface area contributed by atoms with Gasteiger partial charge >= 0.3 is 6.03 Å². The van der Waals surface area contributed by atoms with Crippen molar-refractivity contribution in [1.82, 2.24) is 20.1 Å². The molecule has 1 unspecified atom stereocenters. The van der Waals surface area contributed by atoms with Crippen LogP contribution in [0, 0.1) is 0 Å². The summed E-state index contributed by atoms with van der Waals surface area (Å²) in [6.45, 7) is 2.51. The molecular formula is C15H21N5OS. The van der Waals surface area contributed by atoms with Gasteiger partial charge < -0.3 is 10.6 Å². The van der Waals surface area contributed by atoms with Crippen molar-refractivity contribution in [2.24, 2.45) is 0 Å². The summed E-state index contributed by atoms with van der Waals surface area (Å²) in [4.78, 5) is 15.8. The standard InChI is InChI=1S/C15H21N5OS/c1-12(9-20-11-16-10-17-20)18-15(21)19-14-5-3-13(4-6-14)7-8-22-2/h3-6,10-12H,7-9H2,1-2H3,(H2,18,19,21). The number of aromatic nitrogens is 3. The number of carbonyl (C=O) groups is 1. The Kier molecular flexibility index (Phi) is 6.27. The van der Waals surface area contributed by atoms with Crippen molar-refractivity contribution in [2.75, 3.05) is 17.3 Å². The molecule has 2 aromatic rings. The van der Waals surface area contributed by atoms with E-state index >= 15 is 0 Å². The van der Waals surface area contributed by atoms with Gasteiger partial charge in [-0.3, -0.25) is 4.68 Å². The Bertz CT molecular complexity index is 570. The molecule has 0 aliphatic rings. The molecule has 118 valence electrons. The molecule has 1 aromatic carbocycles. The number of hydrogen-bond acceptors (Lipinski definition) is 4. The van der Waals surface area contributed by atoms with E-state index in [1.54, 1.807) is 11.0 Å². The van der Waals surface area contributed by atoms with Crippen LogP contribution in [0.2, 0.25) is 0 Å². The molecule has 7 heteroatoms. The lowest BCUT2D eigenvalue weighted by molar-refractivity contribution is 0.247. The highest BCUT2D eigenvalue weighted by Crippen LogP contribution is 2.11. The molecule has 1 atom stereocenters. The Morgan fingerprint density at radius 2 is 2.14 bits per heavy atom. The molecule has 2 amide bonds. The van der Waals surface area contributed by atoms with Crippen LogP contribution in [0.5, 0.6) is 0 Å². The average Bonchev–Trinajstić information content (AvgIpc) is 2.99. The maximum absolute atomic E-state index is 11.9. The van der Waals surface area contributed by atoms with E-state index in [-0.39, 0.29) is 12.1 Å². The lowest BCUT2D eigenvalue weighted by Crippen LogP contribution is -2.38. The Morgan fingerprint density at radius 1 is 1.36 bits per heavy atom. The van der Waals surface area contributed by atoms with E-state index in [1.165, 1.54) is 11.9 Å². The maximum atomic E-state index is 11.9. The second-order valence-electron chi connectivity index (χ2n) is 5.06. The second kappa shape index (κ2) is 8.43. The second-order valence-corrected chi connectivity index (χ2v) is 6.04. The zero-order chi connectivity index (χ0) is 15.8. The fourth-order valence-electron chi connectivity index (χ4n) is 2.02. The van der Waals surface area contributed by atoms with Crippen LogP contribution in [-0.4, -0.2) is 38.8 Å². The van der Waals surface area contributed by atoms with Gasteiger partial charge in [-0.1, -0.05) is 12.1 Å². The molecule has 0 saturated carbocycles. The molecule has 1 aromatic heterocycles. The summed E-state index contributed by atoms with van der Waals surface area (Å²) < 4.78 is 1.69. The van der Waals surface area contributed by atoms with Crippen LogP contribution in [-0.2, 0) is 13.0 Å². The summed E-state index contributed by atoms with van der Waals surface area (Å²) in [5.74, 6) is 1.10. The van der Waals surface area contributed by atoms with Crippen molar-refractivity contribution in [3.8, 4) is 0 Å². The zero-order valence-electron chi connectivity index (χ0n) is 12.8. The molecule has 2 rings (SSSR count). The highest BCUT2D eigenvalue weighted by atomic mass is 32.2. The van der Waals surface area contributed by atoms with Crippen molar-refractivity contribution >= 4 is 23.5 Å². The topological polar surface area (TPSA) is 71.8 Å². The Labute approximate surface area is 134 Å². The van der Waals surface area contributed by atoms with Crippen molar-refractivity contribution < 1.29 is 4.79 Å². The summed E-state index contributed by atoms with van der Waals surface area (Å²) in [5.41, 5.74) is 2.07. The van der Waals surface area contributed by atoms with Gasteiger partial charge in [-0.15, -0.1) is 0 Å². The number of rotatable bonds is 7. The lowest BCUT2D eigenvalue weighted by atomic mass is 10.1. The Hall–Kier alpha value is -2.02. The van der Waals surface area contributed by atoms with Crippen molar-refractivity contribution in [3.05, 3.63) is 42.5 Å². The average molecular weight is 319 g/mol. The minimum absolute atomic E-state index is 0.0393. The minimum Gasteiger partial charge on any atom is -0.334 e. The van der Waals surface area contributed by atoms with Gasteiger partial charge in [0.15, 0.2) is 0 Å². The molecule has 6 nitrogen and oxygen atoms in total. The van der Waals surface area contributed by atoms with Crippen LogP contribution in [0.3, 0.4) is 0 Å². The summed E-state index contributed by atoms with van der Waals surface area (Å²) >= 11 is 1.83. The smallest absolute Gasteiger partial charge is 0.319 e. The fraction of sp³-hybridized carbons (Fsp3) is 0.400. The number of thioether (sulfide) groups is 1. The summed E-state index contributed by atoms with van der Waals surface area (Å²) in [6, 6.07) is 7.69. The number of aryl methyl sites for hydroxylation is 1. The molecule has 0 aliphatic heterocycles. The maximum Gasteiger partial charge on any atom is 0.319 e. The van der Waals surface area contributed by atoms with Gasteiger partial charge in [0.25, 0.3) is 0 Å². The first-order valence-electron chi connectivity index (χ1n) is 7.15. The normalized spacial score (nSPS) is 11.9. The number of amides is 2. The SMILES string of the molecule is CSCCc1ccc(NC(=O)NC(C)Cn2cncn2)cc1. The number of hydrogen-bond donors (Lipinski definition) is 2. The third kappa shape index (κ3) is 5.40. The molecule has 0 fully saturated rings. The molecule has 0 saturated heterocycles. The first-order chi connectivity index (χ1) is 10.7. The minimum atomic E-state index is -0.218. The molecule has 0 bridgehead atoms. The van der Waals surface area contributed by atoms with E-state index in [2.05, 4.69) is 27.0 Å². The van der Waals surface area contributed by atoms with E-state index in [0.717, 1.165) is 17.9 Å². The molecule has 22 heavy (non-hydrogen) atoms. The number of urea groups is 1. The van der Waals surface area contributed by atoms with Crippen LogP contribution >= 0.6 is 11.8 Å². The quantitative estimate of drug-likeness (QED) is 0.822. The van der Waals surface area contributed by atoms with Gasteiger partial charge in [-0.2, -0.15) is 16.9 Å². The number of anilines is 1. The first-order valence-corrected chi connectivity index (χ1v) is 8.54. The predicted molar refractivity (Wildman–Crippen MR) is 90.2 cm³/mol. The van der Waals surface area contributed by atoms with Crippen molar-refractivity contribution in [1.29, 1.82) is 0 Å². The highest BCUT2D eigenvalue weighted by molar-refractivity contribution is 7.98. The van der Waals surface area contributed by atoms with Crippen LogP contribution in [0.25, 0.3) is 0 Å². The molecular weight excluding hydrogens is 298 g/mol. The summed E-state index contributed by atoms with van der Waals surface area (Å²) in [6.07, 6.45) is 6.25. The third-order valence-electron chi connectivity index (χ3n) is 3.11. The van der Waals surface area contributed by atoms with Gasteiger partial charge in [0.1, 0.15) is 12.7 Å². The van der Waals surface area contributed by atoms with Crippen molar-refractivity contribution in [3.63, 3.8) is 0 Å². The molecule has 0 radical (unpaired) electrons. The monoisotopic (exact) mass is 319 g/mol. The lowest BCUT2D eigenvalue weighted by Gasteiger charge is -2.14. The Morgan fingerprint density at radius 3 is 2.77 bits per heavy atom. The first kappa shape index (κ1) is 16.4. The summed E-state index contributed by atoms with van der Waals surface area (Å²) in [7, 11) is 0. The van der Waals surface area contributed by atoms with Gasteiger partial charge in [0, 0.05) is 11.7 Å². The fourth-order valence-corrected chi connectivity index (χ4v) is 2.46. The third-order valence-corrected chi connectivity index (χ3v) is 3.72. The highest BCUT2D eigenvalue weighted by Gasteiger charge is 2.08. The van der Waals surface area contributed by atoms with E-state index < -0.39 is 0 Å². The zero-order valence-corrected chi connectivity index (χ0v) is 13.6. The number of benzene rings is 1. The molecule has 0 spiro atoms. The van der Waals surface area contributed by atoms with Crippen LogP contribution in [0.4, 0.5) is 10.5 Å². The van der Waals surface area contributed by atoms with Crippen LogP contribution in [0.1, 0.15) is 12.5 Å². The molecule has 1 heterocycles. The van der Waals surface area contributed by atoms with Gasteiger partial charge in [0.2, 0.25) is 0 Å². The van der Waals surface area contributed by atoms with Gasteiger partial charge in [-0.25, -0.2) is 9.78 Å². The summed E-state index contributed by atoms with van der Waals surface area (Å²) in [5, 5.41) is 9.72. The number of nitrogens with zero attached hydrogens (tertiary/aromatic N) is 3. The number of nitrogens with one attached hydrogen (secondary N) is 2. The number of carbonyl (C=O) groups excluding carboxylic acids is 1. The van der Waals surface area contributed by atoms with E-state index in [1.807, 2.05) is 43.0 Å². The van der Waals surface area contributed by atoms with E-state index in [0.29, 0.717) is 6.54 Å². The van der Waals surface area contributed by atoms with Crippen LogP contribution < -0.4 is 10.6 Å². The molecule has 2 N–H and O–H groups in total. The van der Waals surface area contributed by atoms with Crippen molar-refractivity contribution in [2.45, 2.75) is 25.9 Å². The largest absolute Gasteiger partial charge is 0.334 e.